The van der Waals surface area contributed by atoms with Gasteiger partial charge >= 0.3 is 0 Å². The number of halogens is 1. The van der Waals surface area contributed by atoms with Crippen molar-refractivity contribution in [3.8, 4) is 0 Å². The van der Waals surface area contributed by atoms with Gasteiger partial charge in [-0.25, -0.2) is 12.4 Å². The Morgan fingerprint density at radius 1 is 1.24 bits per heavy atom. The summed E-state index contributed by atoms with van der Waals surface area (Å²) in [7, 11) is -3.59. The highest BCUT2D eigenvalue weighted by atomic mass is 79.9. The molecule has 21 heavy (non-hydrogen) atoms. The van der Waals surface area contributed by atoms with Crippen molar-refractivity contribution in [3.05, 3.63) is 59.2 Å². The van der Waals surface area contributed by atoms with Crippen molar-refractivity contribution in [2.24, 2.45) is 5.92 Å². The van der Waals surface area contributed by atoms with Crippen LogP contribution in [0, 0.1) is 5.92 Å². The number of allylic oxidation sites excluding steroid dienone is 3. The third-order valence-corrected chi connectivity index (χ3v) is 8.19. The number of fused-ring (bicyclic) bond motifs is 1. The first kappa shape index (κ1) is 14.6. The van der Waals surface area contributed by atoms with Crippen LogP contribution in [0.2, 0.25) is 0 Å². The summed E-state index contributed by atoms with van der Waals surface area (Å²) < 4.78 is 27.6. The van der Waals surface area contributed by atoms with Crippen molar-refractivity contribution in [2.75, 3.05) is 0 Å². The summed E-state index contributed by atoms with van der Waals surface area (Å²) >= 11 is 3.45. The SMILES string of the molecule is CC1C=CC=C(Br)C1(C)S(=O)(=O)n1ccc2ccccc21. The summed E-state index contributed by atoms with van der Waals surface area (Å²) in [5, 5.41) is 0.920. The van der Waals surface area contributed by atoms with Crippen LogP contribution >= 0.6 is 15.9 Å². The quantitative estimate of drug-likeness (QED) is 0.804. The highest BCUT2D eigenvalue weighted by molar-refractivity contribution is 9.12. The molecule has 3 nitrogen and oxygen atoms in total. The van der Waals surface area contributed by atoms with E-state index in [4.69, 9.17) is 0 Å². The summed E-state index contributed by atoms with van der Waals surface area (Å²) in [6, 6.07) is 9.34. The zero-order valence-corrected chi connectivity index (χ0v) is 14.2. The molecule has 0 radical (unpaired) electrons. The number of para-hydroxylation sites is 1. The lowest BCUT2D eigenvalue weighted by Gasteiger charge is -2.35. The van der Waals surface area contributed by atoms with Crippen LogP contribution < -0.4 is 0 Å². The molecule has 1 heterocycles. The zero-order valence-electron chi connectivity index (χ0n) is 11.8. The molecule has 0 spiro atoms. The van der Waals surface area contributed by atoms with Gasteiger partial charge in [0, 0.05) is 22.0 Å². The Morgan fingerprint density at radius 3 is 2.67 bits per heavy atom. The number of hydrogen-bond acceptors (Lipinski definition) is 2. The van der Waals surface area contributed by atoms with E-state index in [2.05, 4.69) is 15.9 Å². The molecule has 0 aliphatic heterocycles. The fourth-order valence-corrected chi connectivity index (χ4v) is 5.75. The van der Waals surface area contributed by atoms with Gasteiger partial charge in [-0.2, -0.15) is 0 Å². The molecule has 5 heteroatoms. The first-order chi connectivity index (χ1) is 9.89. The summed E-state index contributed by atoms with van der Waals surface area (Å²) in [6.07, 6.45) is 7.26. The number of rotatable bonds is 2. The predicted molar refractivity (Wildman–Crippen MR) is 90.0 cm³/mol. The molecule has 0 saturated heterocycles. The van der Waals surface area contributed by atoms with Crippen LogP contribution in [0.15, 0.2) is 59.2 Å². The van der Waals surface area contributed by atoms with E-state index in [-0.39, 0.29) is 5.92 Å². The highest BCUT2D eigenvalue weighted by Gasteiger charge is 2.47. The Morgan fingerprint density at radius 2 is 1.95 bits per heavy atom. The molecule has 1 aliphatic rings. The highest BCUT2D eigenvalue weighted by Crippen LogP contribution is 2.42. The minimum atomic E-state index is -3.59. The second-order valence-electron chi connectivity index (χ2n) is 5.47. The first-order valence-corrected chi connectivity index (χ1v) is 8.98. The minimum Gasteiger partial charge on any atom is -0.244 e. The van der Waals surface area contributed by atoms with Crippen LogP contribution in [-0.2, 0) is 10.0 Å². The molecule has 0 fully saturated rings. The molecule has 1 aromatic carbocycles. The number of benzene rings is 1. The van der Waals surface area contributed by atoms with Gasteiger partial charge in [0.2, 0.25) is 10.0 Å². The van der Waals surface area contributed by atoms with Gasteiger partial charge in [0.15, 0.2) is 0 Å². The molecule has 2 aromatic rings. The topological polar surface area (TPSA) is 39.1 Å². The summed E-state index contributed by atoms with van der Waals surface area (Å²) in [4.78, 5) is 0. The third-order valence-electron chi connectivity index (χ3n) is 4.34. The Balaban J connectivity index is 2.26. The molecule has 0 amide bonds. The fourth-order valence-electron chi connectivity index (χ4n) is 2.70. The van der Waals surface area contributed by atoms with E-state index in [1.54, 1.807) is 13.1 Å². The van der Waals surface area contributed by atoms with E-state index < -0.39 is 14.8 Å². The fraction of sp³-hybridized carbons (Fsp3) is 0.250. The Bertz CT molecular complexity index is 863. The molecule has 3 rings (SSSR count). The normalized spacial score (nSPS) is 26.0. The van der Waals surface area contributed by atoms with Gasteiger partial charge in [-0.1, -0.05) is 59.3 Å². The Labute approximate surface area is 133 Å². The molecule has 2 atom stereocenters. The van der Waals surface area contributed by atoms with E-state index in [0.29, 0.717) is 10.00 Å². The largest absolute Gasteiger partial charge is 0.249 e. The van der Waals surface area contributed by atoms with E-state index in [9.17, 15) is 8.42 Å². The van der Waals surface area contributed by atoms with Gasteiger partial charge in [0.05, 0.1) is 5.52 Å². The van der Waals surface area contributed by atoms with Crippen molar-refractivity contribution in [1.82, 2.24) is 3.97 Å². The maximum absolute atomic E-state index is 13.3. The lowest BCUT2D eigenvalue weighted by molar-refractivity contribution is 0.504. The summed E-state index contributed by atoms with van der Waals surface area (Å²) in [6.45, 7) is 3.69. The van der Waals surface area contributed by atoms with Crippen LogP contribution in [0.4, 0.5) is 0 Å². The number of nitrogens with zero attached hydrogens (tertiary/aromatic N) is 1. The molecular weight excluding hydrogens is 350 g/mol. The smallest absolute Gasteiger partial charge is 0.244 e. The van der Waals surface area contributed by atoms with Gasteiger partial charge < -0.3 is 0 Å². The maximum atomic E-state index is 13.3. The van der Waals surface area contributed by atoms with Gasteiger partial charge in [0.1, 0.15) is 4.75 Å². The number of hydrogen-bond donors (Lipinski definition) is 0. The molecule has 2 unspecified atom stereocenters. The zero-order chi connectivity index (χ0) is 15.3. The third kappa shape index (κ3) is 1.94. The van der Waals surface area contributed by atoms with Crippen molar-refractivity contribution in [1.29, 1.82) is 0 Å². The van der Waals surface area contributed by atoms with Gasteiger partial charge in [-0.3, -0.25) is 0 Å². The van der Waals surface area contributed by atoms with Crippen molar-refractivity contribution in [3.63, 3.8) is 0 Å². The van der Waals surface area contributed by atoms with E-state index in [1.807, 2.05) is 55.5 Å². The first-order valence-electron chi connectivity index (χ1n) is 6.74. The van der Waals surface area contributed by atoms with Crippen LogP contribution in [-0.4, -0.2) is 17.1 Å². The van der Waals surface area contributed by atoms with E-state index in [1.165, 1.54) is 3.97 Å². The molecular formula is C16H16BrNO2S. The maximum Gasteiger partial charge on any atom is 0.249 e. The lowest BCUT2D eigenvalue weighted by Crippen LogP contribution is -2.45. The van der Waals surface area contributed by atoms with E-state index in [0.717, 1.165) is 5.39 Å². The number of aromatic nitrogens is 1. The average Bonchev–Trinajstić information content (AvgIpc) is 2.89. The monoisotopic (exact) mass is 365 g/mol. The van der Waals surface area contributed by atoms with Crippen LogP contribution in [0.3, 0.4) is 0 Å². The molecule has 0 saturated carbocycles. The second kappa shape index (κ2) is 4.85. The predicted octanol–water partition coefficient (Wildman–Crippen LogP) is 4.06. The molecule has 0 bridgehead atoms. The lowest BCUT2D eigenvalue weighted by atomic mass is 9.91. The average molecular weight is 366 g/mol. The molecule has 1 aliphatic carbocycles. The van der Waals surface area contributed by atoms with Crippen molar-refractivity contribution < 1.29 is 8.42 Å². The standard InChI is InChI=1S/C16H16BrNO2S/c1-12-6-5-9-15(17)16(12,2)21(19,20)18-11-10-13-7-3-4-8-14(13)18/h3-12H,1-2H3. The van der Waals surface area contributed by atoms with Crippen molar-refractivity contribution in [2.45, 2.75) is 18.6 Å². The van der Waals surface area contributed by atoms with Gasteiger partial charge in [-0.05, 0) is 19.1 Å². The van der Waals surface area contributed by atoms with Gasteiger partial charge in [-0.15, -0.1) is 0 Å². The van der Waals surface area contributed by atoms with Crippen LogP contribution in [0.5, 0.6) is 0 Å². The minimum absolute atomic E-state index is 0.122. The Hall–Kier alpha value is -1.33. The summed E-state index contributed by atoms with van der Waals surface area (Å²) in [5.41, 5.74) is 0.709. The van der Waals surface area contributed by atoms with Gasteiger partial charge in [0.25, 0.3) is 0 Å². The molecule has 1 aromatic heterocycles. The van der Waals surface area contributed by atoms with Crippen LogP contribution in [0.1, 0.15) is 13.8 Å². The van der Waals surface area contributed by atoms with Crippen molar-refractivity contribution >= 4 is 36.9 Å². The van der Waals surface area contributed by atoms with E-state index >= 15 is 0 Å². The summed E-state index contributed by atoms with van der Waals surface area (Å²) in [5.74, 6) is -0.122. The Kier molecular flexibility index (Phi) is 3.37. The second-order valence-corrected chi connectivity index (χ2v) is 8.52. The van der Waals surface area contributed by atoms with Crippen LogP contribution in [0.25, 0.3) is 10.9 Å². The molecule has 110 valence electrons. The molecule has 0 N–H and O–H groups in total.